The van der Waals surface area contributed by atoms with Gasteiger partial charge in [-0.25, -0.2) is 4.68 Å². The molecule has 1 heterocycles. The first-order chi connectivity index (χ1) is 10.8. The molecule has 0 spiro atoms. The highest BCUT2D eigenvalue weighted by Gasteiger charge is 2.26. The molecule has 22 heavy (non-hydrogen) atoms. The van der Waals surface area contributed by atoms with Crippen LogP contribution in [-0.2, 0) is 11.3 Å². The first-order valence-electron chi connectivity index (χ1n) is 7.88. The largest absolute Gasteiger partial charge is 0.347 e. The molecule has 0 bridgehead atoms. The van der Waals surface area contributed by atoms with Crippen LogP contribution in [0.2, 0.25) is 0 Å². The van der Waals surface area contributed by atoms with E-state index in [0.717, 1.165) is 0 Å². The Morgan fingerprint density at radius 2 is 2.00 bits per heavy atom. The van der Waals surface area contributed by atoms with Crippen LogP contribution < -0.4 is 5.32 Å². The summed E-state index contributed by atoms with van der Waals surface area (Å²) in [5.74, 6) is 0.459. The Morgan fingerprint density at radius 3 is 2.68 bits per heavy atom. The predicted octanol–water partition coefficient (Wildman–Crippen LogP) is 2.11. The van der Waals surface area contributed by atoms with Gasteiger partial charge in [0.05, 0.1) is 6.04 Å². The molecule has 1 atom stereocenters. The maximum atomic E-state index is 12.3. The highest BCUT2D eigenvalue weighted by molar-refractivity contribution is 5.76. The predicted molar refractivity (Wildman–Crippen MR) is 81.7 cm³/mol. The number of nitrogens with zero attached hydrogens (tertiary/aromatic N) is 4. The van der Waals surface area contributed by atoms with Gasteiger partial charge < -0.3 is 5.32 Å². The summed E-state index contributed by atoms with van der Waals surface area (Å²) in [6, 6.07) is 10.3. The second kappa shape index (κ2) is 7.15. The minimum atomic E-state index is -0.0493. The summed E-state index contributed by atoms with van der Waals surface area (Å²) < 4.78 is 1.44. The van der Waals surface area contributed by atoms with Crippen molar-refractivity contribution in [2.45, 2.75) is 44.7 Å². The van der Waals surface area contributed by atoms with Crippen LogP contribution in [0.15, 0.2) is 36.7 Å². The van der Waals surface area contributed by atoms with E-state index in [2.05, 4.69) is 33.0 Å². The number of amides is 1. The Kier molecular flexibility index (Phi) is 4.78. The number of hydrogen-bond donors (Lipinski definition) is 1. The highest BCUT2D eigenvalue weighted by atomic mass is 16.2. The van der Waals surface area contributed by atoms with Crippen LogP contribution in [0.25, 0.3) is 0 Å². The summed E-state index contributed by atoms with van der Waals surface area (Å²) in [4.78, 5) is 12.3. The molecule has 6 heteroatoms. The number of benzene rings is 1. The zero-order valence-electron chi connectivity index (χ0n) is 12.6. The third-order valence-electron chi connectivity index (χ3n) is 4.29. The number of tetrazole rings is 1. The lowest BCUT2D eigenvalue weighted by Crippen LogP contribution is -2.36. The molecule has 1 fully saturated rings. The molecule has 1 aromatic heterocycles. The van der Waals surface area contributed by atoms with Gasteiger partial charge in [0.1, 0.15) is 12.9 Å². The molecule has 0 radical (unpaired) electrons. The third kappa shape index (κ3) is 3.69. The smallest absolute Gasteiger partial charge is 0.242 e. The summed E-state index contributed by atoms with van der Waals surface area (Å²) in [7, 11) is 0. The fourth-order valence-corrected chi connectivity index (χ4v) is 3.22. The monoisotopic (exact) mass is 299 g/mol. The number of rotatable bonds is 5. The van der Waals surface area contributed by atoms with Gasteiger partial charge in [0.25, 0.3) is 0 Å². The number of carbonyl (C=O) groups is 1. The summed E-state index contributed by atoms with van der Waals surface area (Å²) in [5.41, 5.74) is 1.18. The normalized spacial score (nSPS) is 17.1. The molecule has 1 aliphatic carbocycles. The van der Waals surface area contributed by atoms with Gasteiger partial charge in [-0.1, -0.05) is 49.6 Å². The van der Waals surface area contributed by atoms with E-state index in [4.69, 9.17) is 0 Å². The van der Waals surface area contributed by atoms with E-state index >= 15 is 0 Å². The van der Waals surface area contributed by atoms with E-state index in [1.165, 1.54) is 48.7 Å². The zero-order chi connectivity index (χ0) is 15.2. The summed E-state index contributed by atoms with van der Waals surface area (Å²) >= 11 is 0. The van der Waals surface area contributed by atoms with Crippen LogP contribution in [0.4, 0.5) is 0 Å². The van der Waals surface area contributed by atoms with Crippen molar-refractivity contribution in [3.05, 3.63) is 42.2 Å². The average Bonchev–Trinajstić information content (AvgIpc) is 3.07. The topological polar surface area (TPSA) is 72.7 Å². The molecule has 116 valence electrons. The van der Waals surface area contributed by atoms with Gasteiger partial charge in [-0.15, -0.1) is 5.10 Å². The van der Waals surface area contributed by atoms with Gasteiger partial charge in [-0.2, -0.15) is 0 Å². The van der Waals surface area contributed by atoms with Crippen molar-refractivity contribution >= 4 is 5.91 Å². The van der Waals surface area contributed by atoms with Crippen molar-refractivity contribution in [1.29, 1.82) is 0 Å². The first-order valence-corrected chi connectivity index (χ1v) is 7.88. The lowest BCUT2D eigenvalue weighted by molar-refractivity contribution is -0.123. The molecule has 0 aliphatic heterocycles. The molecule has 3 rings (SSSR count). The minimum Gasteiger partial charge on any atom is -0.347 e. The lowest BCUT2D eigenvalue weighted by atomic mass is 9.81. The molecule has 0 unspecified atom stereocenters. The van der Waals surface area contributed by atoms with E-state index in [1.54, 1.807) is 0 Å². The fourth-order valence-electron chi connectivity index (χ4n) is 3.22. The fraction of sp³-hybridized carbons (Fsp3) is 0.500. The average molecular weight is 299 g/mol. The van der Waals surface area contributed by atoms with Crippen molar-refractivity contribution in [3.63, 3.8) is 0 Å². The van der Waals surface area contributed by atoms with Crippen LogP contribution in [0.3, 0.4) is 0 Å². The van der Waals surface area contributed by atoms with Gasteiger partial charge in [0.2, 0.25) is 5.91 Å². The maximum absolute atomic E-state index is 12.3. The Morgan fingerprint density at radius 1 is 1.23 bits per heavy atom. The summed E-state index contributed by atoms with van der Waals surface area (Å²) in [6.07, 6.45) is 7.59. The Hall–Kier alpha value is -2.24. The van der Waals surface area contributed by atoms with Gasteiger partial charge in [0, 0.05) is 0 Å². The second-order valence-electron chi connectivity index (χ2n) is 5.86. The van der Waals surface area contributed by atoms with Crippen molar-refractivity contribution in [3.8, 4) is 0 Å². The number of aromatic nitrogens is 4. The van der Waals surface area contributed by atoms with Crippen LogP contribution >= 0.6 is 0 Å². The third-order valence-corrected chi connectivity index (χ3v) is 4.29. The van der Waals surface area contributed by atoms with Crippen molar-refractivity contribution in [2.24, 2.45) is 5.92 Å². The SMILES string of the molecule is O=C(Cn1cnnn1)N[C@@H](c1ccccc1)C1CCCCC1. The zero-order valence-corrected chi connectivity index (χ0v) is 12.6. The van der Waals surface area contributed by atoms with Gasteiger partial charge in [-0.3, -0.25) is 4.79 Å². The first kappa shape index (κ1) is 14.7. The molecule has 6 nitrogen and oxygen atoms in total. The van der Waals surface area contributed by atoms with Crippen molar-refractivity contribution < 1.29 is 4.79 Å². The number of carbonyl (C=O) groups excluding carboxylic acids is 1. The van der Waals surface area contributed by atoms with Crippen molar-refractivity contribution in [2.75, 3.05) is 0 Å². The molecule has 0 saturated heterocycles. The van der Waals surface area contributed by atoms with Gasteiger partial charge in [-0.05, 0) is 34.7 Å². The van der Waals surface area contributed by atoms with E-state index in [1.807, 2.05) is 18.2 Å². The summed E-state index contributed by atoms with van der Waals surface area (Å²) in [5, 5.41) is 14.0. The quantitative estimate of drug-likeness (QED) is 0.917. The number of hydrogen-bond acceptors (Lipinski definition) is 4. The molecule has 1 N–H and O–H groups in total. The Bertz CT molecular complexity index is 578. The molecular formula is C16H21N5O. The van der Waals surface area contributed by atoms with Gasteiger partial charge >= 0.3 is 0 Å². The summed E-state index contributed by atoms with van der Waals surface area (Å²) in [6.45, 7) is 0.156. The Labute approximate surface area is 129 Å². The van der Waals surface area contributed by atoms with E-state index in [-0.39, 0.29) is 18.5 Å². The van der Waals surface area contributed by atoms with Crippen LogP contribution in [-0.4, -0.2) is 26.1 Å². The molecule has 1 aromatic carbocycles. The molecule has 2 aromatic rings. The molecular weight excluding hydrogens is 278 g/mol. The molecule has 1 saturated carbocycles. The lowest BCUT2D eigenvalue weighted by Gasteiger charge is -2.31. The van der Waals surface area contributed by atoms with Gasteiger partial charge in [0.15, 0.2) is 0 Å². The van der Waals surface area contributed by atoms with E-state index in [9.17, 15) is 4.79 Å². The van der Waals surface area contributed by atoms with E-state index < -0.39 is 0 Å². The molecule has 1 amide bonds. The van der Waals surface area contributed by atoms with Crippen LogP contribution in [0, 0.1) is 5.92 Å². The number of nitrogens with one attached hydrogen (secondary N) is 1. The Balaban J connectivity index is 1.71. The standard InChI is InChI=1S/C16H21N5O/c22-15(11-21-12-17-19-20-21)18-16(13-7-3-1-4-8-13)14-9-5-2-6-10-14/h1,3-4,7-8,12,14,16H,2,5-6,9-11H2,(H,18,22)/t16-/m0/s1. The van der Waals surface area contributed by atoms with Crippen LogP contribution in [0.5, 0.6) is 0 Å². The highest BCUT2D eigenvalue weighted by Crippen LogP contribution is 2.34. The van der Waals surface area contributed by atoms with Crippen molar-refractivity contribution in [1.82, 2.24) is 25.5 Å². The second-order valence-corrected chi connectivity index (χ2v) is 5.86. The minimum absolute atomic E-state index is 0.0493. The molecule has 1 aliphatic rings. The maximum Gasteiger partial charge on any atom is 0.242 e. The van der Waals surface area contributed by atoms with Crippen LogP contribution in [0.1, 0.15) is 43.7 Å². The van der Waals surface area contributed by atoms with E-state index in [0.29, 0.717) is 5.92 Å².